The summed E-state index contributed by atoms with van der Waals surface area (Å²) in [6.07, 6.45) is -0.794. The molecule has 0 saturated carbocycles. The van der Waals surface area contributed by atoms with Gasteiger partial charge in [0.2, 0.25) is 0 Å². The number of aliphatic hydroxyl groups excluding tert-OH is 1. The lowest BCUT2D eigenvalue weighted by Crippen LogP contribution is -2.49. The number of carbonyl (C=O) groups is 2. The highest BCUT2D eigenvalue weighted by atomic mass is 16.6. The molecule has 7 heteroatoms. The Morgan fingerprint density at radius 1 is 1.00 bits per heavy atom. The molecule has 1 atom stereocenters. The molecule has 3 N–H and O–H groups in total. The molecule has 2 amide bonds. The molecule has 0 bridgehead atoms. The van der Waals surface area contributed by atoms with Crippen molar-refractivity contribution in [1.82, 2.24) is 10.7 Å². The minimum absolute atomic E-state index is 0.559. The van der Waals surface area contributed by atoms with E-state index in [0.29, 0.717) is 5.71 Å². The Labute approximate surface area is 164 Å². The van der Waals surface area contributed by atoms with Crippen molar-refractivity contribution < 1.29 is 19.4 Å². The molecule has 28 heavy (non-hydrogen) atoms. The van der Waals surface area contributed by atoms with Crippen LogP contribution in [0.25, 0.3) is 0 Å². The lowest BCUT2D eigenvalue weighted by molar-refractivity contribution is -0.124. The molecular formula is C21H25N3O4. The topological polar surface area (TPSA) is 100 Å². The molecule has 0 unspecified atom stereocenters. The Hall–Kier alpha value is -3.19. The maximum atomic E-state index is 12.4. The zero-order valence-electron chi connectivity index (χ0n) is 16.2. The van der Waals surface area contributed by atoms with Gasteiger partial charge in [-0.1, -0.05) is 60.7 Å². The van der Waals surface area contributed by atoms with Gasteiger partial charge in [-0.15, -0.1) is 0 Å². The van der Waals surface area contributed by atoms with Crippen molar-refractivity contribution in [1.29, 1.82) is 0 Å². The minimum Gasteiger partial charge on any atom is -0.444 e. The number of nitrogens with zero attached hydrogens (tertiary/aromatic N) is 1. The number of aliphatic hydroxyl groups is 1. The molecular weight excluding hydrogens is 358 g/mol. The molecule has 0 fully saturated rings. The first-order valence-corrected chi connectivity index (χ1v) is 8.89. The van der Waals surface area contributed by atoms with E-state index in [1.165, 1.54) is 0 Å². The number of hydrogen-bond acceptors (Lipinski definition) is 5. The molecule has 0 heterocycles. The van der Waals surface area contributed by atoms with E-state index >= 15 is 0 Å². The Balaban J connectivity index is 2.16. The highest BCUT2D eigenvalue weighted by Gasteiger charge is 2.24. The van der Waals surface area contributed by atoms with Gasteiger partial charge in [-0.25, -0.2) is 10.2 Å². The van der Waals surface area contributed by atoms with Crippen LogP contribution in [0.4, 0.5) is 4.79 Å². The lowest BCUT2D eigenvalue weighted by Gasteiger charge is -2.22. The van der Waals surface area contributed by atoms with Crippen LogP contribution in [0.1, 0.15) is 31.9 Å². The van der Waals surface area contributed by atoms with Crippen molar-refractivity contribution in [2.45, 2.75) is 32.4 Å². The van der Waals surface area contributed by atoms with Gasteiger partial charge >= 0.3 is 6.09 Å². The molecule has 148 valence electrons. The standard InChI is InChI=1S/C21H25N3O4/c1-21(2,3)28-20(27)22-17(14-25)19(26)24-23-18(15-10-6-4-7-11-15)16-12-8-5-9-13-16/h4-13,17,25H,14H2,1-3H3,(H,22,27)(H,24,26)/t17-/m0/s1. The van der Waals surface area contributed by atoms with Crippen molar-refractivity contribution in [3.05, 3.63) is 71.8 Å². The summed E-state index contributed by atoms with van der Waals surface area (Å²) in [5.41, 5.74) is 3.89. The number of nitrogens with one attached hydrogen (secondary N) is 2. The van der Waals surface area contributed by atoms with Gasteiger partial charge in [0.1, 0.15) is 11.6 Å². The summed E-state index contributed by atoms with van der Waals surface area (Å²) in [6, 6.07) is 17.6. The second kappa shape index (κ2) is 9.66. The number of hydrogen-bond donors (Lipinski definition) is 3. The van der Waals surface area contributed by atoms with E-state index in [0.717, 1.165) is 11.1 Å². The summed E-state index contributed by atoms with van der Waals surface area (Å²) < 4.78 is 5.11. The highest BCUT2D eigenvalue weighted by Crippen LogP contribution is 2.10. The minimum atomic E-state index is -1.19. The van der Waals surface area contributed by atoms with Crippen molar-refractivity contribution in [2.24, 2.45) is 5.10 Å². The lowest BCUT2D eigenvalue weighted by atomic mass is 10.0. The first kappa shape index (κ1) is 21.1. The van der Waals surface area contributed by atoms with Gasteiger partial charge in [0, 0.05) is 11.1 Å². The van der Waals surface area contributed by atoms with Gasteiger partial charge < -0.3 is 15.2 Å². The van der Waals surface area contributed by atoms with Crippen LogP contribution in [0.15, 0.2) is 65.8 Å². The predicted octanol–water partition coefficient (Wildman–Crippen LogP) is 2.44. The summed E-state index contributed by atoms with van der Waals surface area (Å²) >= 11 is 0. The quantitative estimate of drug-likeness (QED) is 0.527. The number of hydrazone groups is 1. The molecule has 0 aliphatic carbocycles. The third-order valence-electron chi connectivity index (χ3n) is 3.56. The highest BCUT2D eigenvalue weighted by molar-refractivity contribution is 6.13. The van der Waals surface area contributed by atoms with Gasteiger partial charge in [-0.05, 0) is 20.8 Å². The van der Waals surface area contributed by atoms with E-state index in [1.54, 1.807) is 20.8 Å². The van der Waals surface area contributed by atoms with Gasteiger partial charge in [-0.3, -0.25) is 4.79 Å². The van der Waals surface area contributed by atoms with Gasteiger partial charge in [0.25, 0.3) is 5.91 Å². The van der Waals surface area contributed by atoms with E-state index in [-0.39, 0.29) is 0 Å². The second-order valence-corrected chi connectivity index (χ2v) is 7.05. The maximum absolute atomic E-state index is 12.4. The molecule has 2 rings (SSSR count). The van der Waals surface area contributed by atoms with Crippen LogP contribution < -0.4 is 10.7 Å². The van der Waals surface area contributed by atoms with Crippen LogP contribution in [-0.2, 0) is 9.53 Å². The monoisotopic (exact) mass is 383 g/mol. The number of benzene rings is 2. The van der Waals surface area contributed by atoms with Crippen molar-refractivity contribution in [2.75, 3.05) is 6.61 Å². The van der Waals surface area contributed by atoms with Gasteiger partial charge in [0.05, 0.1) is 12.3 Å². The summed E-state index contributed by atoms with van der Waals surface area (Å²) in [5, 5.41) is 16.0. The zero-order chi connectivity index (χ0) is 20.6. The van der Waals surface area contributed by atoms with Crippen molar-refractivity contribution in [3.8, 4) is 0 Å². The maximum Gasteiger partial charge on any atom is 0.408 e. The number of rotatable bonds is 6. The SMILES string of the molecule is CC(C)(C)OC(=O)N[C@@H](CO)C(=O)NN=C(c1ccccc1)c1ccccc1. The van der Waals surface area contributed by atoms with Gasteiger partial charge in [-0.2, -0.15) is 5.10 Å². The van der Waals surface area contributed by atoms with Crippen LogP contribution in [0.5, 0.6) is 0 Å². The second-order valence-electron chi connectivity index (χ2n) is 7.05. The normalized spacial score (nSPS) is 11.9. The van der Waals surface area contributed by atoms with Crippen LogP contribution in [0, 0.1) is 0 Å². The predicted molar refractivity (Wildman–Crippen MR) is 107 cm³/mol. The first-order chi connectivity index (χ1) is 13.3. The number of alkyl carbamates (subject to hydrolysis) is 1. The molecule has 0 spiro atoms. The number of carbonyl (C=O) groups excluding carboxylic acids is 2. The largest absolute Gasteiger partial charge is 0.444 e. The molecule has 0 aliphatic rings. The number of ether oxygens (including phenoxy) is 1. The Bertz CT molecular complexity index is 773. The smallest absolute Gasteiger partial charge is 0.408 e. The Kier molecular flexibility index (Phi) is 7.28. The third kappa shape index (κ3) is 6.51. The fraction of sp³-hybridized carbons (Fsp3) is 0.286. The van der Waals surface area contributed by atoms with Crippen LogP contribution >= 0.6 is 0 Å². The zero-order valence-corrected chi connectivity index (χ0v) is 16.2. The van der Waals surface area contributed by atoms with Crippen molar-refractivity contribution >= 4 is 17.7 Å². The molecule has 2 aromatic rings. The van der Waals surface area contributed by atoms with Gasteiger partial charge in [0.15, 0.2) is 0 Å². The van der Waals surface area contributed by atoms with Crippen LogP contribution in [0.2, 0.25) is 0 Å². The average molecular weight is 383 g/mol. The van der Waals surface area contributed by atoms with E-state index in [1.807, 2.05) is 60.7 Å². The first-order valence-electron chi connectivity index (χ1n) is 8.89. The molecule has 0 aromatic heterocycles. The summed E-state index contributed by atoms with van der Waals surface area (Å²) in [6.45, 7) is 4.53. The Morgan fingerprint density at radius 2 is 1.50 bits per heavy atom. The molecule has 0 saturated heterocycles. The van der Waals surface area contributed by atoms with Crippen LogP contribution in [0.3, 0.4) is 0 Å². The number of amides is 2. The summed E-state index contributed by atoms with van der Waals surface area (Å²) in [5.74, 6) is -0.655. The van der Waals surface area contributed by atoms with E-state index in [9.17, 15) is 14.7 Å². The summed E-state index contributed by atoms with van der Waals surface area (Å²) in [4.78, 5) is 24.2. The summed E-state index contributed by atoms with van der Waals surface area (Å²) in [7, 11) is 0. The molecule has 2 aromatic carbocycles. The van der Waals surface area contributed by atoms with E-state index in [4.69, 9.17) is 4.74 Å². The molecule has 0 aliphatic heterocycles. The van der Waals surface area contributed by atoms with Crippen molar-refractivity contribution in [3.63, 3.8) is 0 Å². The fourth-order valence-electron chi connectivity index (χ4n) is 2.32. The van der Waals surface area contributed by atoms with Crippen LogP contribution in [-0.4, -0.2) is 41.1 Å². The van der Waals surface area contributed by atoms with E-state index < -0.39 is 30.3 Å². The van der Waals surface area contributed by atoms with E-state index in [2.05, 4.69) is 15.8 Å². The fourth-order valence-corrected chi connectivity index (χ4v) is 2.32. The third-order valence-corrected chi connectivity index (χ3v) is 3.56. The average Bonchev–Trinajstić information content (AvgIpc) is 2.66. The molecule has 7 nitrogen and oxygen atoms in total. The Morgan fingerprint density at radius 3 is 1.93 bits per heavy atom. The molecule has 0 radical (unpaired) electrons.